The van der Waals surface area contributed by atoms with Crippen molar-refractivity contribution in [1.29, 1.82) is 0 Å². The van der Waals surface area contributed by atoms with Crippen molar-refractivity contribution >= 4 is 30.5 Å². The van der Waals surface area contributed by atoms with E-state index in [1.54, 1.807) is 6.20 Å². The second kappa shape index (κ2) is 7.77. The zero-order chi connectivity index (χ0) is 8.93. The molecule has 1 aliphatic rings. The van der Waals surface area contributed by atoms with Gasteiger partial charge in [0, 0.05) is 18.9 Å². The maximum absolute atomic E-state index is 4.07. The van der Waals surface area contributed by atoms with Crippen molar-refractivity contribution in [3.05, 3.63) is 24.5 Å². The summed E-state index contributed by atoms with van der Waals surface area (Å²) >= 11 is 0. The van der Waals surface area contributed by atoms with Gasteiger partial charge in [-0.25, -0.2) is 0 Å². The minimum Gasteiger partial charge on any atom is -0.384 e. The number of nitrogens with zero attached hydrogens (tertiary/aromatic N) is 1. The van der Waals surface area contributed by atoms with Crippen LogP contribution < -0.4 is 5.32 Å². The van der Waals surface area contributed by atoms with E-state index in [1.807, 2.05) is 12.3 Å². The van der Waals surface area contributed by atoms with Crippen LogP contribution in [0.25, 0.3) is 0 Å². The molecule has 1 aromatic heterocycles. The summed E-state index contributed by atoms with van der Waals surface area (Å²) < 4.78 is 0. The van der Waals surface area contributed by atoms with Crippen molar-refractivity contribution in [2.45, 2.75) is 25.7 Å². The number of nitrogens with one attached hydrogen (secondary N) is 1. The van der Waals surface area contributed by atoms with E-state index in [4.69, 9.17) is 0 Å². The number of aromatic nitrogens is 1. The Morgan fingerprint density at radius 2 is 2.00 bits per heavy atom. The van der Waals surface area contributed by atoms with Crippen LogP contribution in [-0.2, 0) is 0 Å². The summed E-state index contributed by atoms with van der Waals surface area (Å²) in [7, 11) is 0. The number of anilines is 1. The quantitative estimate of drug-likeness (QED) is 0.886. The Morgan fingerprint density at radius 3 is 2.60 bits per heavy atom. The number of hydrogen-bond acceptors (Lipinski definition) is 2. The summed E-state index contributed by atoms with van der Waals surface area (Å²) in [6.45, 7) is 1.12. The van der Waals surface area contributed by atoms with Crippen LogP contribution in [0.2, 0.25) is 0 Å². The topological polar surface area (TPSA) is 24.9 Å². The Balaban J connectivity index is 0.000000980. The Bertz CT molecular complexity index is 248. The summed E-state index contributed by atoms with van der Waals surface area (Å²) in [5.41, 5.74) is 1.15. The normalized spacial score (nSPS) is 15.2. The van der Waals surface area contributed by atoms with Crippen LogP contribution in [0.5, 0.6) is 0 Å². The lowest BCUT2D eigenvalue weighted by molar-refractivity contribution is 0.580. The predicted octanol–water partition coefficient (Wildman–Crippen LogP) is 3.53. The number of pyridine rings is 1. The minimum absolute atomic E-state index is 0. The summed E-state index contributed by atoms with van der Waals surface area (Å²) in [6, 6.07) is 4.04. The fraction of sp³-hybridized carbons (Fsp3) is 0.545. The first kappa shape index (κ1) is 14.5. The van der Waals surface area contributed by atoms with Gasteiger partial charge in [0.1, 0.15) is 0 Å². The average molecular weight is 249 g/mol. The molecule has 4 heteroatoms. The highest BCUT2D eigenvalue weighted by Crippen LogP contribution is 2.24. The molecule has 1 heterocycles. The maximum Gasteiger partial charge on any atom is 0.0526 e. The van der Waals surface area contributed by atoms with E-state index < -0.39 is 0 Å². The Labute approximate surface area is 104 Å². The number of hydrogen-bond donors (Lipinski definition) is 1. The Morgan fingerprint density at radius 1 is 1.27 bits per heavy atom. The van der Waals surface area contributed by atoms with Gasteiger partial charge in [0.2, 0.25) is 0 Å². The van der Waals surface area contributed by atoms with E-state index in [0.717, 1.165) is 18.2 Å². The van der Waals surface area contributed by atoms with Gasteiger partial charge in [-0.2, -0.15) is 0 Å². The van der Waals surface area contributed by atoms with Crippen LogP contribution in [0.3, 0.4) is 0 Å². The van der Waals surface area contributed by atoms with Crippen LogP contribution in [0, 0.1) is 5.92 Å². The molecule has 0 amide bonds. The van der Waals surface area contributed by atoms with E-state index >= 15 is 0 Å². The van der Waals surface area contributed by atoms with Crippen molar-refractivity contribution in [2.75, 3.05) is 11.9 Å². The second-order valence-electron chi connectivity index (χ2n) is 3.77. The van der Waals surface area contributed by atoms with Crippen LogP contribution in [0.4, 0.5) is 5.69 Å². The lowest BCUT2D eigenvalue weighted by Crippen LogP contribution is -2.10. The lowest BCUT2D eigenvalue weighted by atomic mass is 10.1. The second-order valence-corrected chi connectivity index (χ2v) is 3.77. The van der Waals surface area contributed by atoms with Gasteiger partial charge < -0.3 is 5.32 Å². The molecular weight excluding hydrogens is 231 g/mol. The molecule has 2 rings (SSSR count). The summed E-state index contributed by atoms with van der Waals surface area (Å²) in [5, 5.41) is 3.42. The molecule has 1 fully saturated rings. The zero-order valence-electron chi connectivity index (χ0n) is 8.69. The third-order valence-corrected chi connectivity index (χ3v) is 2.73. The van der Waals surface area contributed by atoms with Gasteiger partial charge in [-0.3, -0.25) is 4.98 Å². The first-order valence-electron chi connectivity index (χ1n) is 5.09. The smallest absolute Gasteiger partial charge is 0.0526 e. The third-order valence-electron chi connectivity index (χ3n) is 2.73. The molecule has 1 N–H and O–H groups in total. The maximum atomic E-state index is 4.07. The van der Waals surface area contributed by atoms with Crippen molar-refractivity contribution in [2.24, 2.45) is 5.92 Å². The fourth-order valence-corrected chi connectivity index (χ4v) is 1.94. The molecule has 15 heavy (non-hydrogen) atoms. The van der Waals surface area contributed by atoms with Crippen molar-refractivity contribution in [1.82, 2.24) is 4.98 Å². The minimum atomic E-state index is 0. The Kier molecular flexibility index (Phi) is 7.53. The molecule has 1 aromatic rings. The molecule has 0 saturated heterocycles. The van der Waals surface area contributed by atoms with E-state index in [-0.39, 0.29) is 24.8 Å². The largest absolute Gasteiger partial charge is 0.384 e. The van der Waals surface area contributed by atoms with Gasteiger partial charge in [0.25, 0.3) is 0 Å². The first-order chi connectivity index (χ1) is 6.45. The molecule has 0 bridgehead atoms. The fourth-order valence-electron chi connectivity index (χ4n) is 1.94. The van der Waals surface area contributed by atoms with Crippen LogP contribution in [0.1, 0.15) is 25.7 Å². The average Bonchev–Trinajstić information content (AvgIpc) is 2.69. The van der Waals surface area contributed by atoms with Gasteiger partial charge >= 0.3 is 0 Å². The molecule has 0 atom stereocenters. The van der Waals surface area contributed by atoms with Gasteiger partial charge in [-0.15, -0.1) is 24.8 Å². The monoisotopic (exact) mass is 248 g/mol. The summed E-state index contributed by atoms with van der Waals surface area (Å²) in [6.07, 6.45) is 9.31. The van der Waals surface area contributed by atoms with Gasteiger partial charge in [0.05, 0.1) is 5.69 Å². The molecule has 86 valence electrons. The highest BCUT2D eigenvalue weighted by atomic mass is 35.5. The number of rotatable bonds is 3. The van der Waals surface area contributed by atoms with E-state index in [0.29, 0.717) is 0 Å². The molecule has 2 nitrogen and oxygen atoms in total. The van der Waals surface area contributed by atoms with Crippen molar-refractivity contribution < 1.29 is 0 Å². The molecule has 0 spiro atoms. The molecule has 0 radical (unpaired) electrons. The van der Waals surface area contributed by atoms with E-state index in [1.165, 1.54) is 25.7 Å². The molecule has 0 aromatic carbocycles. The Hall–Kier alpha value is -0.470. The highest BCUT2D eigenvalue weighted by molar-refractivity contribution is 5.85. The highest BCUT2D eigenvalue weighted by Gasteiger charge is 2.13. The van der Waals surface area contributed by atoms with Gasteiger partial charge in [-0.1, -0.05) is 12.8 Å². The molecule has 1 saturated carbocycles. The molecule has 0 aliphatic heterocycles. The summed E-state index contributed by atoms with van der Waals surface area (Å²) in [4.78, 5) is 4.07. The van der Waals surface area contributed by atoms with E-state index in [9.17, 15) is 0 Å². The standard InChI is InChI=1S/C11H16N2.2ClH/c1-2-5-10(4-1)8-13-11-6-3-7-12-9-11;;/h3,6-7,9-10,13H,1-2,4-5,8H2;2*1H. The van der Waals surface area contributed by atoms with Crippen molar-refractivity contribution in [3.8, 4) is 0 Å². The van der Waals surface area contributed by atoms with Crippen LogP contribution >= 0.6 is 24.8 Å². The predicted molar refractivity (Wildman–Crippen MR) is 69.2 cm³/mol. The molecular formula is C11H18Cl2N2. The SMILES string of the molecule is Cl.Cl.c1cncc(NCC2CCCC2)c1. The molecule has 1 aliphatic carbocycles. The third kappa shape index (κ3) is 4.72. The van der Waals surface area contributed by atoms with Crippen LogP contribution in [-0.4, -0.2) is 11.5 Å². The van der Waals surface area contributed by atoms with Crippen molar-refractivity contribution in [3.63, 3.8) is 0 Å². The van der Waals surface area contributed by atoms with Crippen LogP contribution in [0.15, 0.2) is 24.5 Å². The van der Waals surface area contributed by atoms with Gasteiger partial charge in [-0.05, 0) is 30.9 Å². The lowest BCUT2D eigenvalue weighted by Gasteiger charge is -2.10. The zero-order valence-corrected chi connectivity index (χ0v) is 10.3. The van der Waals surface area contributed by atoms with E-state index in [2.05, 4.69) is 16.4 Å². The first-order valence-corrected chi connectivity index (χ1v) is 5.09. The number of halogens is 2. The molecule has 0 unspecified atom stereocenters. The van der Waals surface area contributed by atoms with Gasteiger partial charge in [0.15, 0.2) is 0 Å². The summed E-state index contributed by atoms with van der Waals surface area (Å²) in [5.74, 6) is 0.889.